The number of nitrogens with two attached hydrogens (primary N) is 1. The van der Waals surface area contributed by atoms with Gasteiger partial charge in [0.15, 0.2) is 5.69 Å². The highest BCUT2D eigenvalue weighted by Crippen LogP contribution is 2.25. The number of carbonyl (C=O) groups excluding carboxylic acids is 2. The standard InChI is InChI=1S/C13H16N4O4/c1-8(18)16-4-2-9(3-5-16)10-6-17(7-11(19)20)15-12(10)13(14)21/h2,6H,3-5,7H2,1H3,(H2,14,21)(H,19,20). The molecule has 1 aliphatic heterocycles. The van der Waals surface area contributed by atoms with Crippen molar-refractivity contribution in [2.24, 2.45) is 5.73 Å². The fraction of sp³-hybridized carbons (Fsp3) is 0.385. The van der Waals surface area contributed by atoms with Crippen molar-refractivity contribution in [1.82, 2.24) is 14.7 Å². The van der Waals surface area contributed by atoms with Crippen molar-refractivity contribution in [2.45, 2.75) is 19.9 Å². The van der Waals surface area contributed by atoms with Crippen LogP contribution in [0, 0.1) is 0 Å². The Kier molecular flexibility index (Phi) is 4.06. The molecule has 0 fully saturated rings. The molecule has 8 heteroatoms. The number of primary amides is 1. The lowest BCUT2D eigenvalue weighted by Crippen LogP contribution is -2.32. The van der Waals surface area contributed by atoms with Gasteiger partial charge in [-0.1, -0.05) is 6.08 Å². The Hall–Kier alpha value is -2.64. The Labute approximate surface area is 120 Å². The largest absolute Gasteiger partial charge is 0.480 e. The summed E-state index contributed by atoms with van der Waals surface area (Å²) in [5.41, 5.74) is 6.72. The van der Waals surface area contributed by atoms with Gasteiger partial charge in [-0.05, 0) is 12.0 Å². The van der Waals surface area contributed by atoms with E-state index in [2.05, 4.69) is 5.10 Å². The number of aliphatic carboxylic acids is 1. The lowest BCUT2D eigenvalue weighted by Gasteiger charge is -2.25. The van der Waals surface area contributed by atoms with Crippen LogP contribution < -0.4 is 5.73 Å². The Morgan fingerprint density at radius 2 is 2.14 bits per heavy atom. The number of amides is 2. The summed E-state index contributed by atoms with van der Waals surface area (Å²) in [6.07, 6.45) is 3.90. The van der Waals surface area contributed by atoms with Gasteiger partial charge in [0.25, 0.3) is 5.91 Å². The molecule has 8 nitrogen and oxygen atoms in total. The van der Waals surface area contributed by atoms with Crippen LogP contribution in [0.2, 0.25) is 0 Å². The van der Waals surface area contributed by atoms with Gasteiger partial charge >= 0.3 is 5.97 Å². The lowest BCUT2D eigenvalue weighted by atomic mass is 9.99. The highest BCUT2D eigenvalue weighted by molar-refractivity contribution is 5.96. The van der Waals surface area contributed by atoms with Crippen molar-refractivity contribution in [2.75, 3.05) is 13.1 Å². The summed E-state index contributed by atoms with van der Waals surface area (Å²) in [7, 11) is 0. The first-order valence-corrected chi connectivity index (χ1v) is 6.42. The molecule has 0 bridgehead atoms. The molecular formula is C13H16N4O4. The molecule has 0 spiro atoms. The van der Waals surface area contributed by atoms with Crippen LogP contribution in [0.3, 0.4) is 0 Å². The van der Waals surface area contributed by atoms with Crippen molar-refractivity contribution in [3.05, 3.63) is 23.5 Å². The molecular weight excluding hydrogens is 276 g/mol. The van der Waals surface area contributed by atoms with Crippen LogP contribution in [-0.4, -0.2) is 50.7 Å². The fourth-order valence-corrected chi connectivity index (χ4v) is 2.26. The van der Waals surface area contributed by atoms with Crippen molar-refractivity contribution >= 4 is 23.4 Å². The molecule has 0 unspecified atom stereocenters. The van der Waals surface area contributed by atoms with Gasteiger partial charge in [0.05, 0.1) is 0 Å². The van der Waals surface area contributed by atoms with Crippen LogP contribution in [0.1, 0.15) is 29.4 Å². The summed E-state index contributed by atoms with van der Waals surface area (Å²) < 4.78 is 1.18. The van der Waals surface area contributed by atoms with Gasteiger partial charge in [0, 0.05) is 31.8 Å². The van der Waals surface area contributed by atoms with Crippen LogP contribution in [0.4, 0.5) is 0 Å². The summed E-state index contributed by atoms with van der Waals surface area (Å²) in [5.74, 6) is -1.77. The molecule has 112 valence electrons. The Balaban J connectivity index is 2.30. The summed E-state index contributed by atoms with van der Waals surface area (Å²) in [4.78, 5) is 35.1. The van der Waals surface area contributed by atoms with Gasteiger partial charge in [0.1, 0.15) is 6.54 Å². The summed E-state index contributed by atoms with van der Waals surface area (Å²) >= 11 is 0. The molecule has 0 radical (unpaired) electrons. The Morgan fingerprint density at radius 3 is 2.62 bits per heavy atom. The first-order valence-electron chi connectivity index (χ1n) is 6.42. The van der Waals surface area contributed by atoms with E-state index in [1.807, 2.05) is 6.08 Å². The molecule has 2 heterocycles. The van der Waals surface area contributed by atoms with Crippen molar-refractivity contribution in [1.29, 1.82) is 0 Å². The van der Waals surface area contributed by atoms with Crippen LogP contribution >= 0.6 is 0 Å². The van der Waals surface area contributed by atoms with Crippen molar-refractivity contribution < 1.29 is 19.5 Å². The van der Waals surface area contributed by atoms with E-state index in [0.29, 0.717) is 25.1 Å². The van der Waals surface area contributed by atoms with Gasteiger partial charge in [0.2, 0.25) is 5.91 Å². The summed E-state index contributed by atoms with van der Waals surface area (Å²) in [6.45, 7) is 2.15. The van der Waals surface area contributed by atoms with Crippen molar-refractivity contribution in [3.8, 4) is 0 Å². The van der Waals surface area contributed by atoms with Crippen LogP contribution in [0.25, 0.3) is 5.57 Å². The third-order valence-corrected chi connectivity index (χ3v) is 3.29. The average Bonchev–Trinajstić information content (AvgIpc) is 2.82. The molecule has 0 saturated carbocycles. The maximum Gasteiger partial charge on any atom is 0.325 e. The molecule has 0 aromatic carbocycles. The smallest absolute Gasteiger partial charge is 0.325 e. The molecule has 0 aliphatic carbocycles. The van der Waals surface area contributed by atoms with E-state index in [0.717, 1.165) is 5.57 Å². The summed E-state index contributed by atoms with van der Waals surface area (Å²) in [6, 6.07) is 0. The van der Waals surface area contributed by atoms with E-state index in [-0.39, 0.29) is 18.1 Å². The molecule has 1 aromatic rings. The maximum absolute atomic E-state index is 11.4. The monoisotopic (exact) mass is 292 g/mol. The van der Waals surface area contributed by atoms with E-state index < -0.39 is 11.9 Å². The zero-order valence-corrected chi connectivity index (χ0v) is 11.6. The number of carbonyl (C=O) groups is 3. The fourth-order valence-electron chi connectivity index (χ4n) is 2.26. The molecule has 2 amide bonds. The second-order valence-electron chi connectivity index (χ2n) is 4.79. The van der Waals surface area contributed by atoms with Gasteiger partial charge in [-0.25, -0.2) is 0 Å². The molecule has 1 aromatic heterocycles. The van der Waals surface area contributed by atoms with Gasteiger partial charge in [-0.3, -0.25) is 19.1 Å². The molecule has 1 aliphatic rings. The lowest BCUT2D eigenvalue weighted by molar-refractivity contribution is -0.138. The first-order chi connectivity index (χ1) is 9.88. The molecule has 0 atom stereocenters. The van der Waals surface area contributed by atoms with Crippen LogP contribution in [0.5, 0.6) is 0 Å². The number of hydrogen-bond acceptors (Lipinski definition) is 4. The minimum Gasteiger partial charge on any atom is -0.480 e. The van der Waals surface area contributed by atoms with Gasteiger partial charge in [-0.15, -0.1) is 0 Å². The molecule has 3 N–H and O–H groups in total. The second-order valence-corrected chi connectivity index (χ2v) is 4.79. The number of nitrogens with zero attached hydrogens (tertiary/aromatic N) is 3. The zero-order valence-electron chi connectivity index (χ0n) is 11.6. The van der Waals surface area contributed by atoms with Crippen LogP contribution in [0.15, 0.2) is 12.3 Å². The zero-order chi connectivity index (χ0) is 15.6. The number of carboxylic acid groups (broad SMARTS) is 1. The molecule has 2 rings (SSSR count). The molecule has 21 heavy (non-hydrogen) atoms. The van der Waals surface area contributed by atoms with E-state index in [1.54, 1.807) is 4.90 Å². The third-order valence-electron chi connectivity index (χ3n) is 3.29. The van der Waals surface area contributed by atoms with E-state index >= 15 is 0 Å². The SMILES string of the molecule is CC(=O)N1CC=C(c2cn(CC(=O)O)nc2C(N)=O)CC1. The topological polar surface area (TPSA) is 119 Å². The second kappa shape index (κ2) is 5.78. The molecule has 0 saturated heterocycles. The van der Waals surface area contributed by atoms with Crippen LogP contribution in [-0.2, 0) is 16.1 Å². The third kappa shape index (κ3) is 3.28. The van der Waals surface area contributed by atoms with Gasteiger partial charge in [-0.2, -0.15) is 5.10 Å². The van der Waals surface area contributed by atoms with E-state index in [1.165, 1.54) is 17.8 Å². The Morgan fingerprint density at radius 1 is 1.43 bits per heavy atom. The highest BCUT2D eigenvalue weighted by atomic mass is 16.4. The maximum atomic E-state index is 11.4. The minimum atomic E-state index is -1.06. The number of aromatic nitrogens is 2. The predicted octanol–water partition coefficient (Wildman–Crippen LogP) is -0.298. The summed E-state index contributed by atoms with van der Waals surface area (Å²) in [5, 5.41) is 12.7. The van der Waals surface area contributed by atoms with Crippen molar-refractivity contribution in [3.63, 3.8) is 0 Å². The number of hydrogen-bond donors (Lipinski definition) is 2. The highest BCUT2D eigenvalue weighted by Gasteiger charge is 2.21. The van der Waals surface area contributed by atoms with E-state index in [4.69, 9.17) is 10.8 Å². The minimum absolute atomic E-state index is 0.0120. The predicted molar refractivity (Wildman–Crippen MR) is 73.2 cm³/mol. The van der Waals surface area contributed by atoms with E-state index in [9.17, 15) is 14.4 Å². The Bertz CT molecular complexity index is 632. The number of carboxylic acids is 1. The first kappa shape index (κ1) is 14.8. The average molecular weight is 292 g/mol. The van der Waals surface area contributed by atoms with Gasteiger partial charge < -0.3 is 15.7 Å². The number of rotatable bonds is 4. The quantitative estimate of drug-likeness (QED) is 0.790. The normalized spacial score (nSPS) is 14.7.